The Kier molecular flexibility index (Phi) is 7.85. The van der Waals surface area contributed by atoms with Gasteiger partial charge in [-0.2, -0.15) is 0 Å². The van der Waals surface area contributed by atoms with Crippen LogP contribution in [0.5, 0.6) is 0 Å². The zero-order valence-corrected chi connectivity index (χ0v) is 18.7. The fraction of sp³-hybridized carbons (Fsp3) is 0.591. The Hall–Kier alpha value is -3.21. The van der Waals surface area contributed by atoms with Crippen LogP contribution in [0, 0.1) is 5.92 Å². The van der Waals surface area contributed by atoms with Crippen LogP contribution in [0.25, 0.3) is 0 Å². The van der Waals surface area contributed by atoms with Gasteiger partial charge < -0.3 is 30.9 Å². The number of amides is 3. The Bertz CT molecular complexity index is 972. The van der Waals surface area contributed by atoms with Crippen LogP contribution in [-0.2, 0) is 19.2 Å². The number of carboxylic acids is 1. The normalized spacial score (nSPS) is 25.3. The molecule has 0 radical (unpaired) electrons. The molecule has 3 amide bonds. The first-order chi connectivity index (χ1) is 15.7. The first kappa shape index (κ1) is 24.4. The van der Waals surface area contributed by atoms with E-state index in [2.05, 4.69) is 10.6 Å². The number of nitrogens with one attached hydrogen (secondary N) is 2. The molecule has 1 aromatic rings. The van der Waals surface area contributed by atoms with Crippen molar-refractivity contribution in [1.82, 2.24) is 20.1 Å². The number of aliphatic carboxylic acids is 1. The van der Waals surface area contributed by atoms with Crippen molar-refractivity contribution in [3.8, 4) is 0 Å². The van der Waals surface area contributed by atoms with Gasteiger partial charge in [0.1, 0.15) is 0 Å². The maximum absolute atomic E-state index is 12.6. The second-order valence-corrected chi connectivity index (χ2v) is 8.75. The number of carbonyl (C=O) groups excluding carboxylic acids is 3. The van der Waals surface area contributed by atoms with Crippen molar-refractivity contribution >= 4 is 23.7 Å². The summed E-state index contributed by atoms with van der Waals surface area (Å²) in [5.41, 5.74) is 6.38. The summed E-state index contributed by atoms with van der Waals surface area (Å²) in [7, 11) is 0. The third-order valence-electron chi connectivity index (χ3n) is 6.35. The number of hydrogen-bond acceptors (Lipinski definition) is 6. The Morgan fingerprint density at radius 1 is 1.24 bits per heavy atom. The van der Waals surface area contributed by atoms with Gasteiger partial charge in [-0.1, -0.05) is 6.07 Å². The molecule has 4 atom stereocenters. The number of carboxylic acid groups (broad SMARTS) is 1. The van der Waals surface area contributed by atoms with Crippen molar-refractivity contribution in [3.63, 3.8) is 0 Å². The SMILES string of the molecule is CC(=O)O.NCC(=O)N1C[C@H]2C[C@@H](C1)[C@H](CNC(=O)C[C@H]1CCC(=O)N1)n1c2cccc1=O. The van der Waals surface area contributed by atoms with Crippen LogP contribution >= 0.6 is 0 Å². The summed E-state index contributed by atoms with van der Waals surface area (Å²) in [4.78, 5) is 59.3. The lowest BCUT2D eigenvalue weighted by molar-refractivity contribution is -0.134. The lowest BCUT2D eigenvalue weighted by atomic mass is 9.78. The first-order valence-electron chi connectivity index (χ1n) is 11.1. The molecule has 11 heteroatoms. The van der Waals surface area contributed by atoms with Crippen molar-refractivity contribution in [1.29, 1.82) is 0 Å². The molecule has 3 aliphatic rings. The molecule has 0 unspecified atom stereocenters. The average Bonchev–Trinajstić information content (AvgIpc) is 3.17. The van der Waals surface area contributed by atoms with Gasteiger partial charge in [-0.05, 0) is 24.8 Å². The van der Waals surface area contributed by atoms with Crippen molar-refractivity contribution in [2.75, 3.05) is 26.2 Å². The molecule has 0 aliphatic carbocycles. The summed E-state index contributed by atoms with van der Waals surface area (Å²) in [6.07, 6.45) is 2.23. The maximum atomic E-state index is 12.6. The van der Waals surface area contributed by atoms with E-state index in [0.29, 0.717) is 32.5 Å². The molecule has 4 heterocycles. The minimum absolute atomic E-state index is 0.0199. The number of piperidine rings is 1. The Labute approximate surface area is 191 Å². The average molecular weight is 462 g/mol. The number of likely N-dealkylation sites (tertiary alicyclic amines) is 1. The van der Waals surface area contributed by atoms with Gasteiger partial charge >= 0.3 is 0 Å². The first-order valence-corrected chi connectivity index (χ1v) is 11.1. The predicted molar refractivity (Wildman–Crippen MR) is 118 cm³/mol. The summed E-state index contributed by atoms with van der Waals surface area (Å²) in [5, 5.41) is 13.2. The highest BCUT2D eigenvalue weighted by molar-refractivity contribution is 5.82. The molecule has 2 fully saturated rings. The standard InChI is InChI=1S/C20H27N5O4.C2H4O2/c21-8-20(29)24-10-12-6-13(11-24)16(25-15(12)2-1-3-19(25)28)9-22-18(27)7-14-4-5-17(26)23-14;1-2(3)4/h1-3,12-14,16H,4-11,21H2,(H,22,27)(H,23,26);1H3,(H,3,4)/t12-,13+,14-,16+;/m1./s1. The monoisotopic (exact) mass is 461 g/mol. The van der Waals surface area contributed by atoms with Crippen LogP contribution in [0.1, 0.15) is 50.3 Å². The zero-order valence-electron chi connectivity index (χ0n) is 18.7. The third-order valence-corrected chi connectivity index (χ3v) is 6.35. The molecule has 0 saturated carbocycles. The molecular formula is C22H31N5O6. The van der Waals surface area contributed by atoms with E-state index in [4.69, 9.17) is 15.6 Å². The van der Waals surface area contributed by atoms with Crippen LogP contribution < -0.4 is 21.9 Å². The number of fused-ring (bicyclic) bond motifs is 4. The van der Waals surface area contributed by atoms with Crippen molar-refractivity contribution < 1.29 is 24.3 Å². The van der Waals surface area contributed by atoms with Gasteiger partial charge in [0.15, 0.2) is 0 Å². The van der Waals surface area contributed by atoms with Crippen molar-refractivity contribution in [2.24, 2.45) is 11.7 Å². The lowest BCUT2D eigenvalue weighted by Gasteiger charge is -2.47. The Morgan fingerprint density at radius 2 is 1.97 bits per heavy atom. The van der Waals surface area contributed by atoms with Crippen LogP contribution in [0.3, 0.4) is 0 Å². The van der Waals surface area contributed by atoms with Crippen molar-refractivity contribution in [2.45, 2.75) is 50.6 Å². The molecule has 2 bridgehead atoms. The molecule has 33 heavy (non-hydrogen) atoms. The van der Waals surface area contributed by atoms with Gasteiger partial charge in [0.2, 0.25) is 17.7 Å². The fourth-order valence-electron chi connectivity index (χ4n) is 4.98. The third kappa shape index (κ3) is 5.98. The van der Waals surface area contributed by atoms with E-state index in [9.17, 15) is 19.2 Å². The quantitative estimate of drug-likeness (QED) is 0.444. The summed E-state index contributed by atoms with van der Waals surface area (Å²) in [5.74, 6) is -0.919. The van der Waals surface area contributed by atoms with E-state index in [1.807, 2.05) is 6.07 Å². The van der Waals surface area contributed by atoms with E-state index >= 15 is 0 Å². The second-order valence-electron chi connectivity index (χ2n) is 8.75. The van der Waals surface area contributed by atoms with Crippen LogP contribution in [0.15, 0.2) is 23.0 Å². The van der Waals surface area contributed by atoms with Crippen LogP contribution in [0.2, 0.25) is 0 Å². The smallest absolute Gasteiger partial charge is 0.300 e. The van der Waals surface area contributed by atoms with E-state index in [-0.39, 0.29) is 60.2 Å². The molecule has 3 aliphatic heterocycles. The van der Waals surface area contributed by atoms with Gasteiger partial charge in [-0.3, -0.25) is 24.0 Å². The molecule has 1 aromatic heterocycles. The van der Waals surface area contributed by atoms with Gasteiger partial charge in [-0.15, -0.1) is 0 Å². The zero-order chi connectivity index (χ0) is 24.1. The number of nitrogens with zero attached hydrogens (tertiary/aromatic N) is 2. The fourth-order valence-corrected chi connectivity index (χ4v) is 4.98. The number of rotatable bonds is 5. The van der Waals surface area contributed by atoms with Crippen LogP contribution in [0.4, 0.5) is 0 Å². The largest absolute Gasteiger partial charge is 0.481 e. The van der Waals surface area contributed by atoms with E-state index < -0.39 is 5.97 Å². The van der Waals surface area contributed by atoms with Gasteiger partial charge in [0, 0.05) is 63.1 Å². The van der Waals surface area contributed by atoms with E-state index in [1.54, 1.807) is 15.5 Å². The number of hydrogen-bond donors (Lipinski definition) is 4. The topological polar surface area (TPSA) is 164 Å². The molecule has 11 nitrogen and oxygen atoms in total. The van der Waals surface area contributed by atoms with Crippen LogP contribution in [-0.4, -0.2) is 70.5 Å². The minimum atomic E-state index is -0.833. The van der Waals surface area contributed by atoms with Gasteiger partial charge in [-0.25, -0.2) is 0 Å². The lowest BCUT2D eigenvalue weighted by Crippen LogP contribution is -2.54. The highest BCUT2D eigenvalue weighted by atomic mass is 16.4. The summed E-state index contributed by atoms with van der Waals surface area (Å²) >= 11 is 0. The number of aromatic nitrogens is 1. The highest BCUT2D eigenvalue weighted by Gasteiger charge is 2.41. The number of pyridine rings is 1. The maximum Gasteiger partial charge on any atom is 0.300 e. The van der Waals surface area contributed by atoms with E-state index in [0.717, 1.165) is 19.0 Å². The number of carbonyl (C=O) groups is 4. The second kappa shape index (κ2) is 10.6. The highest BCUT2D eigenvalue weighted by Crippen LogP contribution is 2.40. The summed E-state index contributed by atoms with van der Waals surface area (Å²) in [6, 6.07) is 4.88. The molecule has 4 rings (SSSR count). The molecule has 0 aromatic carbocycles. The molecule has 0 spiro atoms. The Morgan fingerprint density at radius 3 is 2.61 bits per heavy atom. The van der Waals surface area contributed by atoms with Crippen molar-refractivity contribution in [3.05, 3.63) is 34.2 Å². The van der Waals surface area contributed by atoms with E-state index in [1.165, 1.54) is 6.07 Å². The number of nitrogens with two attached hydrogens (primary N) is 1. The van der Waals surface area contributed by atoms with Gasteiger partial charge in [0.25, 0.3) is 11.5 Å². The predicted octanol–water partition coefficient (Wildman–Crippen LogP) is -0.830. The summed E-state index contributed by atoms with van der Waals surface area (Å²) < 4.78 is 1.79. The van der Waals surface area contributed by atoms with Gasteiger partial charge in [0.05, 0.1) is 12.6 Å². The molecule has 2 saturated heterocycles. The molecular weight excluding hydrogens is 430 g/mol. The summed E-state index contributed by atoms with van der Waals surface area (Å²) in [6.45, 7) is 2.47. The molecule has 180 valence electrons. The Balaban J connectivity index is 0.000000709. The minimum Gasteiger partial charge on any atom is -0.481 e. The molecule has 5 N–H and O–H groups in total.